The van der Waals surface area contributed by atoms with Gasteiger partial charge in [0, 0.05) is 32.5 Å². The molecule has 0 unspecified atom stereocenters. The molecule has 0 atom stereocenters. The fourth-order valence-corrected chi connectivity index (χ4v) is 2.32. The zero-order valence-electron chi connectivity index (χ0n) is 8.99. The van der Waals surface area contributed by atoms with E-state index in [0.29, 0.717) is 4.34 Å². The quantitative estimate of drug-likeness (QED) is 0.638. The summed E-state index contributed by atoms with van der Waals surface area (Å²) in [6.07, 6.45) is 0. The van der Waals surface area contributed by atoms with Crippen molar-refractivity contribution >= 4 is 46.9 Å². The zero-order valence-corrected chi connectivity index (χ0v) is 11.4. The van der Waals surface area contributed by atoms with Crippen LogP contribution in [0.1, 0.15) is 0 Å². The number of aromatic nitrogens is 1. The predicted molar refractivity (Wildman–Crippen MR) is 70.4 cm³/mol. The Kier molecular flexibility index (Phi) is 5.72. The van der Waals surface area contributed by atoms with Gasteiger partial charge in [0.1, 0.15) is 10.2 Å². The Morgan fingerprint density at radius 3 is 3.06 bits per heavy atom. The zero-order chi connectivity index (χ0) is 12.0. The molecule has 0 fully saturated rings. The molecule has 5 nitrogen and oxygen atoms in total. The van der Waals surface area contributed by atoms with Gasteiger partial charge in [0.15, 0.2) is 0 Å². The van der Waals surface area contributed by atoms with E-state index in [2.05, 4.69) is 14.4 Å². The van der Waals surface area contributed by atoms with Crippen molar-refractivity contribution in [1.82, 2.24) is 14.4 Å². The van der Waals surface area contributed by atoms with Gasteiger partial charge in [-0.05, 0) is 23.5 Å². The first kappa shape index (κ1) is 13.4. The Balaban J connectivity index is 2.20. The van der Waals surface area contributed by atoms with Gasteiger partial charge in [-0.15, -0.1) is 0 Å². The Morgan fingerprint density at radius 1 is 1.75 bits per heavy atom. The number of nitrogens with zero attached hydrogens (tertiary/aromatic N) is 2. The third-order valence-electron chi connectivity index (χ3n) is 1.78. The second kappa shape index (κ2) is 6.82. The minimum absolute atomic E-state index is 0.190. The summed E-state index contributed by atoms with van der Waals surface area (Å²) in [4.78, 5) is 12.8. The van der Waals surface area contributed by atoms with E-state index >= 15 is 0 Å². The molecule has 0 radical (unpaired) electrons. The van der Waals surface area contributed by atoms with Gasteiger partial charge < -0.3 is 10.2 Å². The molecule has 1 rings (SSSR count). The molecule has 0 spiro atoms. The van der Waals surface area contributed by atoms with Crippen molar-refractivity contribution in [3.8, 4) is 0 Å². The highest BCUT2D eigenvalue weighted by Crippen LogP contribution is 2.21. The molecule has 16 heavy (non-hydrogen) atoms. The van der Waals surface area contributed by atoms with E-state index in [0.717, 1.165) is 18.1 Å². The molecule has 1 heterocycles. The standard InChI is InChI=1S/C8H13ClN4OS2/c1-10-8(14)12-15-4-3-13(2)7-5-6(9)16-11-7/h5H,3-4H2,1-2H3,(H2,10,12,14). The smallest absolute Gasteiger partial charge is 0.324 e. The van der Waals surface area contributed by atoms with Crippen LogP contribution in [0.3, 0.4) is 0 Å². The lowest BCUT2D eigenvalue weighted by Crippen LogP contribution is -2.29. The molecule has 90 valence electrons. The fourth-order valence-electron chi connectivity index (χ4n) is 0.889. The van der Waals surface area contributed by atoms with Crippen molar-refractivity contribution in [2.75, 3.05) is 31.3 Å². The molecule has 0 saturated carbocycles. The van der Waals surface area contributed by atoms with E-state index in [1.165, 1.54) is 23.5 Å². The van der Waals surface area contributed by atoms with Gasteiger partial charge in [-0.1, -0.05) is 11.6 Å². The van der Waals surface area contributed by atoms with E-state index in [1.54, 1.807) is 7.05 Å². The maximum absolute atomic E-state index is 10.8. The highest BCUT2D eigenvalue weighted by Gasteiger charge is 2.05. The summed E-state index contributed by atoms with van der Waals surface area (Å²) >= 11 is 8.41. The second-order valence-corrected chi connectivity index (χ2v) is 5.28. The lowest BCUT2D eigenvalue weighted by atomic mass is 10.5. The summed E-state index contributed by atoms with van der Waals surface area (Å²) in [5.74, 6) is 1.63. The van der Waals surface area contributed by atoms with E-state index in [4.69, 9.17) is 11.6 Å². The molecule has 0 saturated heterocycles. The number of amides is 2. The Hall–Kier alpha value is -0.660. The normalized spacial score (nSPS) is 9.94. The van der Waals surface area contributed by atoms with Gasteiger partial charge in [0.25, 0.3) is 0 Å². The highest BCUT2D eigenvalue weighted by atomic mass is 35.5. The fraction of sp³-hybridized carbons (Fsp3) is 0.500. The molecular formula is C8H13ClN4OS2. The molecule has 0 aliphatic heterocycles. The largest absolute Gasteiger partial charge is 0.358 e. The van der Waals surface area contributed by atoms with Crippen LogP contribution in [0.2, 0.25) is 4.34 Å². The molecule has 2 N–H and O–H groups in total. The average molecular weight is 281 g/mol. The van der Waals surface area contributed by atoms with Crippen LogP contribution in [-0.4, -0.2) is 36.8 Å². The molecule has 1 aromatic rings. The number of anilines is 1. The van der Waals surface area contributed by atoms with E-state index in [9.17, 15) is 4.79 Å². The van der Waals surface area contributed by atoms with Gasteiger partial charge >= 0.3 is 6.03 Å². The van der Waals surface area contributed by atoms with E-state index in [-0.39, 0.29) is 6.03 Å². The van der Waals surface area contributed by atoms with Gasteiger partial charge in [-0.2, -0.15) is 4.37 Å². The van der Waals surface area contributed by atoms with Crippen LogP contribution in [0.15, 0.2) is 6.07 Å². The Bertz CT molecular complexity index is 347. The maximum Gasteiger partial charge on any atom is 0.324 e. The summed E-state index contributed by atoms with van der Waals surface area (Å²) in [7, 11) is 3.52. The monoisotopic (exact) mass is 280 g/mol. The van der Waals surface area contributed by atoms with Crippen molar-refractivity contribution in [2.45, 2.75) is 0 Å². The molecule has 0 aromatic carbocycles. The second-order valence-electron chi connectivity index (χ2n) is 2.94. The Morgan fingerprint density at radius 2 is 2.50 bits per heavy atom. The van der Waals surface area contributed by atoms with Crippen LogP contribution in [0, 0.1) is 0 Å². The third kappa shape index (κ3) is 4.46. The van der Waals surface area contributed by atoms with Gasteiger partial charge in [-0.25, -0.2) is 4.79 Å². The minimum Gasteiger partial charge on any atom is -0.358 e. The number of rotatable bonds is 5. The van der Waals surface area contributed by atoms with Gasteiger partial charge in [0.2, 0.25) is 0 Å². The number of hydrogen-bond donors (Lipinski definition) is 2. The molecule has 8 heteroatoms. The number of carbonyl (C=O) groups excluding carboxylic acids is 1. The number of nitrogens with one attached hydrogen (secondary N) is 2. The molecule has 2 amide bonds. The highest BCUT2D eigenvalue weighted by molar-refractivity contribution is 7.97. The van der Waals surface area contributed by atoms with Crippen molar-refractivity contribution in [3.63, 3.8) is 0 Å². The topological polar surface area (TPSA) is 57.3 Å². The third-order valence-corrected chi connectivity index (χ3v) is 3.38. The SMILES string of the molecule is CNC(=O)NSCCN(C)c1cc(Cl)sn1. The molecule has 0 aliphatic carbocycles. The van der Waals surface area contributed by atoms with Crippen molar-refractivity contribution in [1.29, 1.82) is 0 Å². The van der Waals surface area contributed by atoms with Crippen LogP contribution in [0.25, 0.3) is 0 Å². The Labute approximate surface area is 108 Å². The summed E-state index contributed by atoms with van der Waals surface area (Å²) in [6.45, 7) is 0.786. The average Bonchev–Trinajstić information content (AvgIpc) is 2.70. The first-order valence-electron chi connectivity index (χ1n) is 4.56. The predicted octanol–water partition coefficient (Wildman–Crippen LogP) is 1.81. The van der Waals surface area contributed by atoms with Crippen molar-refractivity contribution < 1.29 is 4.79 Å². The lowest BCUT2D eigenvalue weighted by molar-refractivity contribution is 0.248. The molecule has 1 aromatic heterocycles. The van der Waals surface area contributed by atoms with Gasteiger partial charge in [0.05, 0.1) is 0 Å². The first-order valence-corrected chi connectivity index (χ1v) is 6.70. The van der Waals surface area contributed by atoms with Crippen molar-refractivity contribution in [2.24, 2.45) is 0 Å². The van der Waals surface area contributed by atoms with Crippen LogP contribution in [0.4, 0.5) is 10.6 Å². The summed E-state index contributed by atoms with van der Waals surface area (Å²) in [5, 5.41) is 2.48. The van der Waals surface area contributed by atoms with Crippen LogP contribution >= 0.6 is 35.1 Å². The minimum atomic E-state index is -0.190. The summed E-state index contributed by atoms with van der Waals surface area (Å²) in [5.41, 5.74) is 0. The molecular weight excluding hydrogens is 268 g/mol. The van der Waals surface area contributed by atoms with Crippen molar-refractivity contribution in [3.05, 3.63) is 10.4 Å². The number of carbonyl (C=O) groups is 1. The molecule has 0 bridgehead atoms. The summed E-state index contributed by atoms with van der Waals surface area (Å²) < 4.78 is 7.49. The number of halogens is 1. The van der Waals surface area contributed by atoms with Crippen LogP contribution in [0.5, 0.6) is 0 Å². The number of hydrogen-bond acceptors (Lipinski definition) is 5. The van der Waals surface area contributed by atoms with E-state index in [1.807, 2.05) is 18.0 Å². The number of urea groups is 1. The maximum atomic E-state index is 10.8. The van der Waals surface area contributed by atoms with Crippen LogP contribution in [-0.2, 0) is 0 Å². The van der Waals surface area contributed by atoms with E-state index < -0.39 is 0 Å². The lowest BCUT2D eigenvalue weighted by Gasteiger charge is -2.15. The van der Waals surface area contributed by atoms with Gasteiger partial charge in [-0.3, -0.25) is 4.72 Å². The summed E-state index contributed by atoms with van der Waals surface area (Å²) in [6, 6.07) is 1.63. The first-order chi connectivity index (χ1) is 7.63. The molecule has 0 aliphatic rings. The van der Waals surface area contributed by atoms with Crippen LogP contribution < -0.4 is 14.9 Å².